The van der Waals surface area contributed by atoms with Crippen LogP contribution in [0.1, 0.15) is 29.0 Å². The van der Waals surface area contributed by atoms with Gasteiger partial charge in [0.15, 0.2) is 11.5 Å². The average Bonchev–Trinajstić information content (AvgIpc) is 3.50. The normalized spacial score (nSPS) is 15.0. The number of rotatable bonds is 5. The Bertz CT molecular complexity index is 1340. The molecule has 1 amide bonds. The Morgan fingerprint density at radius 1 is 1.08 bits per heavy atom. The second-order valence-electron chi connectivity index (χ2n) is 7.82. The first-order valence-electron chi connectivity index (χ1n) is 10.7. The second-order valence-corrected chi connectivity index (χ2v) is 8.23. The van der Waals surface area contributed by atoms with Gasteiger partial charge in [-0.05, 0) is 37.1 Å². The first-order chi connectivity index (χ1) is 17.1. The van der Waals surface area contributed by atoms with Gasteiger partial charge < -0.3 is 15.2 Å². The van der Waals surface area contributed by atoms with Crippen molar-refractivity contribution in [2.45, 2.75) is 19.0 Å². The lowest BCUT2D eigenvalue weighted by atomic mass is 9.98. The zero-order chi connectivity index (χ0) is 26.0. The monoisotopic (exact) mass is 524 g/mol. The van der Waals surface area contributed by atoms with E-state index in [0.717, 1.165) is 18.2 Å². The lowest BCUT2D eigenvalue weighted by Crippen LogP contribution is -2.30. The van der Waals surface area contributed by atoms with E-state index in [1.165, 1.54) is 29.2 Å². The van der Waals surface area contributed by atoms with Gasteiger partial charge in [0.1, 0.15) is 22.9 Å². The second kappa shape index (κ2) is 10.1. The number of carbonyl (C=O) groups excluding carboxylic acids is 1. The van der Waals surface area contributed by atoms with E-state index >= 15 is 0 Å². The number of allylic oxidation sites excluding steroid dienone is 1. The molecule has 0 aliphatic carbocycles. The molecule has 12 heteroatoms. The van der Waals surface area contributed by atoms with Crippen LogP contribution in [0.5, 0.6) is 0 Å². The van der Waals surface area contributed by atoms with Crippen molar-refractivity contribution < 1.29 is 31.3 Å². The van der Waals surface area contributed by atoms with E-state index in [9.17, 15) is 26.7 Å². The van der Waals surface area contributed by atoms with E-state index in [-0.39, 0.29) is 10.6 Å². The van der Waals surface area contributed by atoms with Crippen LogP contribution in [0.2, 0.25) is 5.02 Å². The molecule has 188 valence electrons. The molecule has 2 N–H and O–H groups in total. The standard InChI is InChI=1S/C24H18ClF5N4O2/c25-14-6-5-8-16(27)18(14)20-19(23(35)34-10-3-4-11-34)21(36-33-20)13(12-31)22(24(28,29)30)32-17-9-2-1-7-15(17)26/h1-2,5-9,12H,3-4,10-11,31H2. The summed E-state index contributed by atoms with van der Waals surface area (Å²) in [6.07, 6.45) is -3.28. The zero-order valence-electron chi connectivity index (χ0n) is 18.5. The maximum atomic E-state index is 14.8. The fraction of sp³-hybridized carbons (Fsp3) is 0.208. The van der Waals surface area contributed by atoms with Gasteiger partial charge in [-0.2, -0.15) is 13.2 Å². The van der Waals surface area contributed by atoms with Gasteiger partial charge in [-0.15, -0.1) is 0 Å². The number of para-hydroxylation sites is 1. The minimum Gasteiger partial charge on any atom is -0.404 e. The Morgan fingerprint density at radius 3 is 2.36 bits per heavy atom. The van der Waals surface area contributed by atoms with Crippen LogP contribution in [0.4, 0.5) is 27.6 Å². The molecule has 0 radical (unpaired) electrons. The molecule has 36 heavy (non-hydrogen) atoms. The molecule has 1 aliphatic rings. The van der Waals surface area contributed by atoms with Crippen molar-refractivity contribution in [1.29, 1.82) is 0 Å². The lowest BCUT2D eigenvalue weighted by molar-refractivity contribution is -0.0571. The van der Waals surface area contributed by atoms with Crippen molar-refractivity contribution in [2.75, 3.05) is 13.1 Å². The number of benzene rings is 2. The van der Waals surface area contributed by atoms with E-state index in [0.29, 0.717) is 32.1 Å². The van der Waals surface area contributed by atoms with Gasteiger partial charge in [-0.3, -0.25) is 4.79 Å². The number of halogens is 6. The van der Waals surface area contributed by atoms with Crippen molar-refractivity contribution >= 4 is 34.5 Å². The fourth-order valence-corrected chi connectivity index (χ4v) is 4.10. The number of carbonyl (C=O) groups is 1. The Morgan fingerprint density at radius 2 is 1.75 bits per heavy atom. The first kappa shape index (κ1) is 25.4. The average molecular weight is 525 g/mol. The Kier molecular flexibility index (Phi) is 7.11. The van der Waals surface area contributed by atoms with Crippen molar-refractivity contribution in [1.82, 2.24) is 10.1 Å². The summed E-state index contributed by atoms with van der Waals surface area (Å²) < 4.78 is 76.6. The molecule has 1 aromatic heterocycles. The molecule has 0 saturated carbocycles. The van der Waals surface area contributed by atoms with Gasteiger partial charge in [-0.25, -0.2) is 13.8 Å². The Balaban J connectivity index is 1.97. The number of nitrogens with two attached hydrogens (primary N) is 1. The third-order valence-electron chi connectivity index (χ3n) is 5.52. The summed E-state index contributed by atoms with van der Waals surface area (Å²) in [7, 11) is 0. The van der Waals surface area contributed by atoms with Crippen LogP contribution in [0.25, 0.3) is 16.8 Å². The molecular formula is C24H18ClF5N4O2. The summed E-state index contributed by atoms with van der Waals surface area (Å²) in [5.74, 6) is -3.33. The van der Waals surface area contributed by atoms with Gasteiger partial charge in [-0.1, -0.05) is 35.0 Å². The quantitative estimate of drug-likeness (QED) is 0.321. The Labute approximate surface area is 206 Å². The predicted octanol–water partition coefficient (Wildman–Crippen LogP) is 6.14. The summed E-state index contributed by atoms with van der Waals surface area (Å²) in [6.45, 7) is 0.649. The van der Waals surface area contributed by atoms with Crippen molar-refractivity contribution in [3.63, 3.8) is 0 Å². The van der Waals surface area contributed by atoms with Crippen LogP contribution in [-0.4, -0.2) is 40.9 Å². The van der Waals surface area contributed by atoms with Crippen molar-refractivity contribution in [3.05, 3.63) is 76.6 Å². The number of likely N-dealkylation sites (tertiary alicyclic amines) is 1. The minimum atomic E-state index is -5.15. The largest absolute Gasteiger partial charge is 0.434 e. The number of hydrogen-bond donors (Lipinski definition) is 1. The molecular weight excluding hydrogens is 507 g/mol. The van der Waals surface area contributed by atoms with Gasteiger partial charge in [0.05, 0.1) is 21.8 Å². The third-order valence-corrected chi connectivity index (χ3v) is 5.83. The number of aliphatic imine (C=N–C) groups is 1. The highest BCUT2D eigenvalue weighted by Gasteiger charge is 2.43. The highest BCUT2D eigenvalue weighted by Crippen LogP contribution is 2.39. The summed E-state index contributed by atoms with van der Waals surface area (Å²) in [4.78, 5) is 18.3. The van der Waals surface area contributed by atoms with Crippen LogP contribution in [-0.2, 0) is 0 Å². The van der Waals surface area contributed by atoms with Crippen LogP contribution in [0, 0.1) is 11.6 Å². The molecule has 0 bridgehead atoms. The summed E-state index contributed by atoms with van der Waals surface area (Å²) >= 11 is 6.15. The summed E-state index contributed by atoms with van der Waals surface area (Å²) in [6, 6.07) is 8.27. The smallest absolute Gasteiger partial charge is 0.404 e. The number of amides is 1. The molecule has 3 aromatic rings. The van der Waals surface area contributed by atoms with Crippen LogP contribution < -0.4 is 5.73 Å². The van der Waals surface area contributed by atoms with Gasteiger partial charge in [0, 0.05) is 19.3 Å². The van der Waals surface area contributed by atoms with Crippen LogP contribution >= 0.6 is 11.6 Å². The molecule has 6 nitrogen and oxygen atoms in total. The molecule has 2 aromatic carbocycles. The number of hydrogen-bond acceptors (Lipinski definition) is 5. The van der Waals surface area contributed by atoms with E-state index in [4.69, 9.17) is 21.9 Å². The van der Waals surface area contributed by atoms with E-state index in [1.807, 2.05) is 0 Å². The number of aromatic nitrogens is 1. The highest BCUT2D eigenvalue weighted by atomic mass is 35.5. The third kappa shape index (κ3) is 4.83. The van der Waals surface area contributed by atoms with Crippen LogP contribution in [0.15, 0.2) is 58.2 Å². The maximum absolute atomic E-state index is 14.8. The van der Waals surface area contributed by atoms with Crippen molar-refractivity contribution in [3.8, 4) is 11.3 Å². The molecule has 0 atom stereocenters. The minimum absolute atomic E-state index is 0.139. The van der Waals surface area contributed by atoms with Gasteiger partial charge >= 0.3 is 6.18 Å². The molecule has 0 unspecified atom stereocenters. The molecule has 4 rings (SSSR count). The first-order valence-corrected chi connectivity index (χ1v) is 11.1. The van der Waals surface area contributed by atoms with Crippen molar-refractivity contribution in [2.24, 2.45) is 10.7 Å². The van der Waals surface area contributed by atoms with Gasteiger partial charge in [0.2, 0.25) is 0 Å². The van der Waals surface area contributed by atoms with E-state index in [1.54, 1.807) is 0 Å². The molecule has 0 spiro atoms. The molecule has 1 saturated heterocycles. The summed E-state index contributed by atoms with van der Waals surface area (Å²) in [5.41, 5.74) is 1.27. The zero-order valence-corrected chi connectivity index (χ0v) is 19.2. The molecule has 1 aliphatic heterocycles. The molecule has 2 heterocycles. The number of nitrogens with zero attached hydrogens (tertiary/aromatic N) is 3. The number of alkyl halides is 3. The summed E-state index contributed by atoms with van der Waals surface area (Å²) in [5, 5.41) is 3.58. The highest BCUT2D eigenvalue weighted by molar-refractivity contribution is 6.34. The fourth-order valence-electron chi connectivity index (χ4n) is 3.85. The van der Waals surface area contributed by atoms with Gasteiger partial charge in [0.25, 0.3) is 5.91 Å². The lowest BCUT2D eigenvalue weighted by Gasteiger charge is -2.17. The van der Waals surface area contributed by atoms with E-state index < -0.39 is 57.7 Å². The topological polar surface area (TPSA) is 84.7 Å². The predicted molar refractivity (Wildman–Crippen MR) is 124 cm³/mol. The molecule has 1 fully saturated rings. The Hall–Kier alpha value is -3.73. The maximum Gasteiger partial charge on any atom is 0.434 e. The van der Waals surface area contributed by atoms with E-state index in [2.05, 4.69) is 10.1 Å². The van der Waals surface area contributed by atoms with Crippen LogP contribution in [0.3, 0.4) is 0 Å². The SMILES string of the molecule is NC=C(C(=Nc1ccccc1F)C(F)(F)F)c1onc(-c2c(F)cccc2Cl)c1C(=O)N1CCCC1.